The number of carbonyl (C=O) groups excluding carboxylic acids is 1. The summed E-state index contributed by atoms with van der Waals surface area (Å²) in [6.07, 6.45) is 1.30. The molecular formula is C16H24N2O3S. The van der Waals surface area contributed by atoms with E-state index in [9.17, 15) is 13.2 Å². The predicted molar refractivity (Wildman–Crippen MR) is 88.7 cm³/mol. The molecule has 22 heavy (non-hydrogen) atoms. The van der Waals surface area contributed by atoms with Crippen molar-refractivity contribution in [1.29, 1.82) is 0 Å². The fraction of sp³-hybridized carbons (Fsp3) is 0.562. The van der Waals surface area contributed by atoms with Crippen LogP contribution < -0.4 is 10.2 Å². The molecule has 1 fully saturated rings. The van der Waals surface area contributed by atoms with Crippen molar-refractivity contribution in [2.75, 3.05) is 36.0 Å². The molecule has 1 amide bonds. The maximum atomic E-state index is 11.9. The number of sulfone groups is 1. The van der Waals surface area contributed by atoms with Gasteiger partial charge in [-0.15, -0.1) is 0 Å². The standard InChI is InChI=1S/C16H24N2O3S/c1-2-18(15-7-4-3-5-8-15)11-6-10-17-16(19)14-9-12-22(20,21)13-14/h3-5,7-8,14H,2,6,9-13H2,1H3,(H,17,19). The molecule has 122 valence electrons. The summed E-state index contributed by atoms with van der Waals surface area (Å²) in [7, 11) is -2.99. The van der Waals surface area contributed by atoms with Gasteiger partial charge in [-0.1, -0.05) is 18.2 Å². The molecule has 5 nitrogen and oxygen atoms in total. The van der Waals surface area contributed by atoms with Crippen molar-refractivity contribution >= 4 is 21.4 Å². The second kappa shape index (κ2) is 7.63. The first-order valence-electron chi connectivity index (χ1n) is 7.80. The summed E-state index contributed by atoms with van der Waals surface area (Å²) in [5.41, 5.74) is 1.18. The zero-order chi connectivity index (χ0) is 16.0. The minimum Gasteiger partial charge on any atom is -0.372 e. The topological polar surface area (TPSA) is 66.5 Å². The Morgan fingerprint density at radius 2 is 2.05 bits per heavy atom. The van der Waals surface area contributed by atoms with Crippen LogP contribution in [0.15, 0.2) is 30.3 Å². The third-order valence-corrected chi connectivity index (χ3v) is 5.78. The van der Waals surface area contributed by atoms with E-state index in [4.69, 9.17) is 0 Å². The summed E-state index contributed by atoms with van der Waals surface area (Å²) in [6.45, 7) is 4.47. The van der Waals surface area contributed by atoms with Crippen LogP contribution in [0.4, 0.5) is 5.69 Å². The maximum absolute atomic E-state index is 11.9. The molecule has 0 aromatic heterocycles. The molecule has 1 N–H and O–H groups in total. The van der Waals surface area contributed by atoms with E-state index in [1.54, 1.807) is 0 Å². The third kappa shape index (κ3) is 4.73. The van der Waals surface area contributed by atoms with Gasteiger partial charge in [0.1, 0.15) is 0 Å². The van der Waals surface area contributed by atoms with Gasteiger partial charge in [0.15, 0.2) is 9.84 Å². The van der Waals surface area contributed by atoms with Crippen LogP contribution in [-0.4, -0.2) is 45.5 Å². The molecule has 1 atom stereocenters. The molecule has 1 aromatic rings. The van der Waals surface area contributed by atoms with Crippen LogP contribution >= 0.6 is 0 Å². The SMILES string of the molecule is CCN(CCCNC(=O)C1CCS(=O)(=O)C1)c1ccccc1. The van der Waals surface area contributed by atoms with Crippen LogP contribution in [0.5, 0.6) is 0 Å². The van der Waals surface area contributed by atoms with Crippen LogP contribution in [0.3, 0.4) is 0 Å². The molecule has 0 saturated carbocycles. The highest BCUT2D eigenvalue weighted by atomic mass is 32.2. The molecular weight excluding hydrogens is 300 g/mol. The van der Waals surface area contributed by atoms with Gasteiger partial charge in [-0.2, -0.15) is 0 Å². The van der Waals surface area contributed by atoms with Gasteiger partial charge in [-0.05, 0) is 31.9 Å². The van der Waals surface area contributed by atoms with E-state index < -0.39 is 9.84 Å². The first-order chi connectivity index (χ1) is 10.5. The second-order valence-corrected chi connectivity index (χ2v) is 7.89. The van der Waals surface area contributed by atoms with Crippen molar-refractivity contribution in [2.45, 2.75) is 19.8 Å². The van der Waals surface area contributed by atoms with E-state index in [0.717, 1.165) is 19.5 Å². The fourth-order valence-corrected chi connectivity index (χ4v) is 4.48. The zero-order valence-electron chi connectivity index (χ0n) is 13.0. The van der Waals surface area contributed by atoms with Gasteiger partial charge in [0.25, 0.3) is 0 Å². The Morgan fingerprint density at radius 3 is 2.64 bits per heavy atom. The minimum atomic E-state index is -2.99. The largest absolute Gasteiger partial charge is 0.372 e. The van der Waals surface area contributed by atoms with Crippen molar-refractivity contribution in [1.82, 2.24) is 5.32 Å². The molecule has 1 aliphatic rings. The Hall–Kier alpha value is -1.56. The van der Waals surface area contributed by atoms with E-state index in [-0.39, 0.29) is 23.3 Å². The molecule has 0 spiro atoms. The smallest absolute Gasteiger partial charge is 0.224 e. The normalized spacial score (nSPS) is 19.8. The van der Waals surface area contributed by atoms with E-state index >= 15 is 0 Å². The Morgan fingerprint density at radius 1 is 1.32 bits per heavy atom. The number of nitrogens with zero attached hydrogens (tertiary/aromatic N) is 1. The van der Waals surface area contributed by atoms with Crippen molar-refractivity contribution in [3.63, 3.8) is 0 Å². The maximum Gasteiger partial charge on any atom is 0.224 e. The van der Waals surface area contributed by atoms with E-state index in [2.05, 4.69) is 29.3 Å². The molecule has 0 bridgehead atoms. The Bertz CT molecular complexity index is 587. The number of para-hydroxylation sites is 1. The van der Waals surface area contributed by atoms with Crippen molar-refractivity contribution in [2.24, 2.45) is 5.92 Å². The van der Waals surface area contributed by atoms with Gasteiger partial charge in [-0.25, -0.2) is 8.42 Å². The highest BCUT2D eigenvalue weighted by molar-refractivity contribution is 7.91. The van der Waals surface area contributed by atoms with Crippen LogP contribution in [0.25, 0.3) is 0 Å². The molecule has 2 rings (SSSR count). The number of amides is 1. The summed E-state index contributed by atoms with van der Waals surface area (Å²) in [5, 5.41) is 2.86. The highest BCUT2D eigenvalue weighted by Crippen LogP contribution is 2.18. The summed E-state index contributed by atoms with van der Waals surface area (Å²) >= 11 is 0. The molecule has 0 radical (unpaired) electrons. The molecule has 0 aliphatic carbocycles. The van der Waals surface area contributed by atoms with Gasteiger partial charge < -0.3 is 10.2 Å². The summed E-state index contributed by atoms with van der Waals surface area (Å²) in [6, 6.07) is 10.2. The van der Waals surface area contributed by atoms with Gasteiger partial charge in [0.2, 0.25) is 5.91 Å². The molecule has 6 heteroatoms. The minimum absolute atomic E-state index is 0.00390. The van der Waals surface area contributed by atoms with E-state index in [1.165, 1.54) is 5.69 Å². The first-order valence-corrected chi connectivity index (χ1v) is 9.62. The lowest BCUT2D eigenvalue weighted by Gasteiger charge is -2.23. The first kappa shape index (κ1) is 16.8. The molecule has 1 aromatic carbocycles. The lowest BCUT2D eigenvalue weighted by molar-refractivity contribution is -0.124. The lowest BCUT2D eigenvalue weighted by atomic mass is 10.1. The van der Waals surface area contributed by atoms with Crippen LogP contribution in [-0.2, 0) is 14.6 Å². The van der Waals surface area contributed by atoms with Crippen molar-refractivity contribution < 1.29 is 13.2 Å². The number of carbonyl (C=O) groups is 1. The van der Waals surface area contributed by atoms with Crippen LogP contribution in [0.1, 0.15) is 19.8 Å². The fourth-order valence-electron chi connectivity index (χ4n) is 2.74. The van der Waals surface area contributed by atoms with E-state index in [1.807, 2.05) is 18.2 Å². The number of nitrogens with one attached hydrogen (secondary N) is 1. The third-order valence-electron chi connectivity index (χ3n) is 4.01. The second-order valence-electron chi connectivity index (χ2n) is 5.66. The monoisotopic (exact) mass is 324 g/mol. The Kier molecular flexibility index (Phi) is 5.83. The molecule has 1 unspecified atom stereocenters. The average molecular weight is 324 g/mol. The van der Waals surface area contributed by atoms with Crippen LogP contribution in [0, 0.1) is 5.92 Å². The Labute approximate surface area is 132 Å². The number of benzene rings is 1. The average Bonchev–Trinajstić information content (AvgIpc) is 2.88. The van der Waals surface area contributed by atoms with Crippen molar-refractivity contribution in [3.8, 4) is 0 Å². The predicted octanol–water partition coefficient (Wildman–Crippen LogP) is 1.45. The van der Waals surface area contributed by atoms with Crippen LogP contribution in [0.2, 0.25) is 0 Å². The molecule has 1 saturated heterocycles. The quantitative estimate of drug-likeness (QED) is 0.771. The summed E-state index contributed by atoms with van der Waals surface area (Å²) < 4.78 is 22.7. The van der Waals surface area contributed by atoms with Gasteiger partial charge in [0.05, 0.1) is 17.4 Å². The zero-order valence-corrected chi connectivity index (χ0v) is 13.8. The molecule has 1 aliphatic heterocycles. The Balaban J connectivity index is 1.71. The number of anilines is 1. The van der Waals surface area contributed by atoms with Crippen molar-refractivity contribution in [3.05, 3.63) is 30.3 Å². The summed E-state index contributed by atoms with van der Waals surface area (Å²) in [4.78, 5) is 14.2. The summed E-state index contributed by atoms with van der Waals surface area (Å²) in [5.74, 6) is -0.336. The van der Waals surface area contributed by atoms with Gasteiger partial charge in [0, 0.05) is 25.3 Å². The highest BCUT2D eigenvalue weighted by Gasteiger charge is 2.32. The number of hydrogen-bond acceptors (Lipinski definition) is 4. The number of hydrogen-bond donors (Lipinski definition) is 1. The van der Waals surface area contributed by atoms with Gasteiger partial charge in [-0.3, -0.25) is 4.79 Å². The number of rotatable bonds is 7. The molecule has 1 heterocycles. The van der Waals surface area contributed by atoms with E-state index in [0.29, 0.717) is 13.0 Å². The van der Waals surface area contributed by atoms with Gasteiger partial charge >= 0.3 is 0 Å². The lowest BCUT2D eigenvalue weighted by Crippen LogP contribution is -2.34.